The molecule has 0 radical (unpaired) electrons. The quantitative estimate of drug-likeness (QED) is 0.518. The van der Waals surface area contributed by atoms with E-state index in [2.05, 4.69) is 32.3 Å². The van der Waals surface area contributed by atoms with Gasteiger partial charge in [-0.2, -0.15) is 0 Å². The van der Waals surface area contributed by atoms with Crippen LogP contribution < -0.4 is 21.3 Å². The number of fused-ring (bicyclic) bond motifs is 1. The van der Waals surface area contributed by atoms with Crippen LogP contribution in [-0.2, 0) is 0 Å². The number of nitrogens with two attached hydrogens (primary N) is 1. The number of amides is 3. The van der Waals surface area contributed by atoms with Crippen molar-refractivity contribution in [2.75, 3.05) is 31.1 Å². The second kappa shape index (κ2) is 10.7. The monoisotopic (exact) mass is 518 g/mol. The molecule has 3 atom stereocenters. The summed E-state index contributed by atoms with van der Waals surface area (Å²) in [5.41, 5.74) is 8.53. The van der Waals surface area contributed by atoms with E-state index < -0.39 is 5.91 Å². The van der Waals surface area contributed by atoms with Crippen molar-refractivity contribution < 1.29 is 14.4 Å². The van der Waals surface area contributed by atoms with Crippen LogP contribution in [0.1, 0.15) is 74.8 Å². The van der Waals surface area contributed by atoms with Crippen LogP contribution in [0.4, 0.5) is 5.82 Å². The number of anilines is 1. The van der Waals surface area contributed by atoms with Crippen LogP contribution in [0.5, 0.6) is 0 Å². The van der Waals surface area contributed by atoms with Gasteiger partial charge in [0.2, 0.25) is 5.91 Å². The third kappa shape index (κ3) is 5.25. The van der Waals surface area contributed by atoms with Crippen molar-refractivity contribution in [1.82, 2.24) is 20.5 Å². The summed E-state index contributed by atoms with van der Waals surface area (Å²) in [4.78, 5) is 46.8. The number of carbonyl (C=O) groups excluding carboxylic acids is 3. The highest BCUT2D eigenvalue weighted by atomic mass is 16.2. The average Bonchev–Trinajstić information content (AvgIpc) is 2.97. The normalized spacial score (nSPS) is 23.4. The van der Waals surface area contributed by atoms with Crippen LogP contribution in [-0.4, -0.2) is 71.9 Å². The molecule has 9 heteroatoms. The predicted octanol–water partition coefficient (Wildman–Crippen LogP) is 2.41. The zero-order valence-electron chi connectivity index (χ0n) is 22.5. The molecule has 3 aliphatic rings. The summed E-state index contributed by atoms with van der Waals surface area (Å²) in [5, 5.41) is 6.34. The van der Waals surface area contributed by atoms with E-state index in [1.54, 1.807) is 25.3 Å². The number of hydrogen-bond acceptors (Lipinski definition) is 6. The second-order valence-corrected chi connectivity index (χ2v) is 11.1. The van der Waals surface area contributed by atoms with Crippen molar-refractivity contribution in [3.63, 3.8) is 0 Å². The number of benzene rings is 1. The highest BCUT2D eigenvalue weighted by Crippen LogP contribution is 2.40. The number of primary amides is 1. The number of aryl methyl sites for hydroxylation is 2. The number of pyridine rings is 1. The lowest BCUT2D eigenvalue weighted by Crippen LogP contribution is -2.58. The van der Waals surface area contributed by atoms with E-state index in [1.165, 1.54) is 0 Å². The number of nitrogens with one attached hydrogen (secondary N) is 2. The first kappa shape index (κ1) is 26.2. The summed E-state index contributed by atoms with van der Waals surface area (Å²) in [6.07, 6.45) is 5.67. The molecular formula is C29H38N6O3. The van der Waals surface area contributed by atoms with Crippen LogP contribution in [0.15, 0.2) is 30.5 Å². The number of likely N-dealkylation sites (tertiary alicyclic amines) is 1. The molecule has 0 bridgehead atoms. The standard InChI is InChI=1S/C29H38N6O3/c1-4-34-15-22(16-34)33-28(37)20-6-8-26(31-14-20)35-10-9-21(13-19-5-7-25(19)35)32-29(38)24-12-17(2)23(27(30)36)11-18(24)3/h6,8,11-12,14,19,21-22,25H,4-5,7,9-10,13,15-16H2,1-3H3,(H2,30,36)(H,32,38)(H,33,37). The molecule has 1 aromatic heterocycles. The third-order valence-corrected chi connectivity index (χ3v) is 8.54. The molecule has 3 fully saturated rings. The molecule has 3 amide bonds. The summed E-state index contributed by atoms with van der Waals surface area (Å²) < 4.78 is 0. The van der Waals surface area contributed by atoms with E-state index in [1.807, 2.05) is 19.1 Å². The fourth-order valence-corrected chi connectivity index (χ4v) is 6.06. The SMILES string of the molecule is CCN1CC(NC(=O)c2ccc(N3CCC(NC(=O)c4cc(C)c(C(N)=O)cc4C)CC4CCC43)nc2)C1. The molecule has 38 heavy (non-hydrogen) atoms. The number of nitrogens with zero attached hydrogens (tertiary/aromatic N) is 3. The van der Waals surface area contributed by atoms with Crippen LogP contribution in [0.2, 0.25) is 0 Å². The van der Waals surface area contributed by atoms with Gasteiger partial charge in [-0.15, -0.1) is 0 Å². The van der Waals surface area contributed by atoms with Gasteiger partial charge in [0.15, 0.2) is 0 Å². The molecule has 1 saturated carbocycles. The van der Waals surface area contributed by atoms with Crippen molar-refractivity contribution in [1.29, 1.82) is 0 Å². The van der Waals surface area contributed by atoms with Gasteiger partial charge in [0.25, 0.3) is 11.8 Å². The number of hydrogen-bond donors (Lipinski definition) is 3. The zero-order chi connectivity index (χ0) is 27.0. The summed E-state index contributed by atoms with van der Waals surface area (Å²) in [7, 11) is 0. The Morgan fingerprint density at radius 2 is 1.68 bits per heavy atom. The molecule has 1 aromatic carbocycles. The summed E-state index contributed by atoms with van der Waals surface area (Å²) >= 11 is 0. The van der Waals surface area contributed by atoms with Gasteiger partial charge in [-0.25, -0.2) is 4.98 Å². The van der Waals surface area contributed by atoms with Gasteiger partial charge in [-0.1, -0.05) is 6.92 Å². The van der Waals surface area contributed by atoms with Gasteiger partial charge in [0, 0.05) is 49.0 Å². The van der Waals surface area contributed by atoms with E-state index in [9.17, 15) is 14.4 Å². The van der Waals surface area contributed by atoms with Crippen molar-refractivity contribution in [2.45, 2.75) is 64.6 Å². The lowest BCUT2D eigenvalue weighted by molar-refractivity contribution is 0.0823. The zero-order valence-corrected chi connectivity index (χ0v) is 22.5. The number of rotatable bonds is 7. The second-order valence-electron chi connectivity index (χ2n) is 11.1. The summed E-state index contributed by atoms with van der Waals surface area (Å²) in [6.45, 7) is 9.36. The molecule has 2 saturated heterocycles. The molecule has 202 valence electrons. The van der Waals surface area contributed by atoms with Gasteiger partial charge in [-0.3, -0.25) is 19.3 Å². The van der Waals surface area contributed by atoms with Gasteiger partial charge in [-0.05, 0) is 87.4 Å². The van der Waals surface area contributed by atoms with Gasteiger partial charge in [0.05, 0.1) is 11.6 Å². The predicted molar refractivity (Wildman–Crippen MR) is 146 cm³/mol. The van der Waals surface area contributed by atoms with Crippen molar-refractivity contribution in [3.05, 3.63) is 58.3 Å². The fourth-order valence-electron chi connectivity index (χ4n) is 6.06. The maximum absolute atomic E-state index is 13.2. The highest BCUT2D eigenvalue weighted by molar-refractivity contribution is 5.99. The molecule has 2 aliphatic heterocycles. The van der Waals surface area contributed by atoms with Crippen molar-refractivity contribution in [2.24, 2.45) is 11.7 Å². The number of aromatic nitrogens is 1. The van der Waals surface area contributed by atoms with Crippen LogP contribution in [0.3, 0.4) is 0 Å². The largest absolute Gasteiger partial charge is 0.366 e. The molecule has 4 N–H and O–H groups in total. The molecule has 9 nitrogen and oxygen atoms in total. The minimum absolute atomic E-state index is 0.0611. The first-order valence-electron chi connectivity index (χ1n) is 13.7. The lowest BCUT2D eigenvalue weighted by atomic mass is 9.76. The maximum atomic E-state index is 13.2. The number of carbonyl (C=O) groups is 3. The molecular weight excluding hydrogens is 480 g/mol. The Morgan fingerprint density at radius 1 is 0.974 bits per heavy atom. The first-order chi connectivity index (χ1) is 18.2. The average molecular weight is 519 g/mol. The molecule has 2 aromatic rings. The summed E-state index contributed by atoms with van der Waals surface area (Å²) in [5.74, 6) is 0.712. The Bertz CT molecular complexity index is 1220. The Hall–Kier alpha value is -3.46. The van der Waals surface area contributed by atoms with E-state index in [4.69, 9.17) is 5.73 Å². The van der Waals surface area contributed by atoms with Gasteiger partial charge in [0.1, 0.15) is 5.82 Å². The van der Waals surface area contributed by atoms with Gasteiger partial charge < -0.3 is 21.3 Å². The molecule has 5 rings (SSSR count). The molecule has 3 heterocycles. The van der Waals surface area contributed by atoms with E-state index in [-0.39, 0.29) is 23.9 Å². The Balaban J connectivity index is 1.22. The van der Waals surface area contributed by atoms with E-state index >= 15 is 0 Å². The topological polar surface area (TPSA) is 121 Å². The van der Waals surface area contributed by atoms with Crippen molar-refractivity contribution >= 4 is 23.5 Å². The third-order valence-electron chi connectivity index (χ3n) is 8.54. The molecule has 1 aliphatic carbocycles. The molecule has 0 spiro atoms. The lowest BCUT2D eigenvalue weighted by Gasteiger charge is -2.43. The Labute approximate surface area is 224 Å². The minimum Gasteiger partial charge on any atom is -0.366 e. The van der Waals surface area contributed by atoms with Gasteiger partial charge >= 0.3 is 0 Å². The van der Waals surface area contributed by atoms with E-state index in [0.29, 0.717) is 34.2 Å². The van der Waals surface area contributed by atoms with Crippen LogP contribution >= 0.6 is 0 Å². The minimum atomic E-state index is -0.485. The van der Waals surface area contributed by atoms with E-state index in [0.717, 1.165) is 63.2 Å². The smallest absolute Gasteiger partial charge is 0.253 e. The summed E-state index contributed by atoms with van der Waals surface area (Å²) in [6, 6.07) is 7.95. The van der Waals surface area contributed by atoms with Crippen LogP contribution in [0.25, 0.3) is 0 Å². The van der Waals surface area contributed by atoms with Crippen LogP contribution in [0, 0.1) is 19.8 Å². The highest BCUT2D eigenvalue weighted by Gasteiger charge is 2.40. The molecule has 3 unspecified atom stereocenters. The fraction of sp³-hybridized carbons (Fsp3) is 0.517. The number of likely N-dealkylation sites (N-methyl/N-ethyl adjacent to an activating group) is 1. The Morgan fingerprint density at radius 3 is 2.32 bits per heavy atom. The first-order valence-corrected chi connectivity index (χ1v) is 13.7. The maximum Gasteiger partial charge on any atom is 0.253 e. The van der Waals surface area contributed by atoms with Crippen molar-refractivity contribution in [3.8, 4) is 0 Å². The Kier molecular flexibility index (Phi) is 7.38.